The molecule has 2 aromatic rings. The van der Waals surface area contributed by atoms with Gasteiger partial charge in [0.05, 0.1) is 21.8 Å². The van der Waals surface area contributed by atoms with Gasteiger partial charge >= 0.3 is 0 Å². The van der Waals surface area contributed by atoms with Crippen molar-refractivity contribution in [3.05, 3.63) is 63.2 Å². The number of unbranched alkanes of at least 4 members (excludes halogenated alkanes) is 1. The molecule has 0 aromatic heterocycles. The van der Waals surface area contributed by atoms with Crippen LogP contribution in [0.15, 0.2) is 30.3 Å². The van der Waals surface area contributed by atoms with E-state index in [2.05, 4.69) is 5.32 Å². The van der Waals surface area contributed by atoms with E-state index in [0.717, 1.165) is 24.0 Å². The summed E-state index contributed by atoms with van der Waals surface area (Å²) in [6.45, 7) is 6.18. The summed E-state index contributed by atoms with van der Waals surface area (Å²) >= 11 is 6.25. The molecule has 1 heterocycles. The summed E-state index contributed by atoms with van der Waals surface area (Å²) in [4.78, 5) is 38.8. The first-order valence-corrected chi connectivity index (χ1v) is 9.29. The van der Waals surface area contributed by atoms with Gasteiger partial charge in [-0.3, -0.25) is 19.3 Å². The summed E-state index contributed by atoms with van der Waals surface area (Å²) < 4.78 is 0. The lowest BCUT2D eigenvalue weighted by Crippen LogP contribution is -2.30. The molecule has 1 aliphatic rings. The molecule has 3 rings (SSSR count). The predicted octanol–water partition coefficient (Wildman–Crippen LogP) is 4.61. The first kappa shape index (κ1) is 19.1. The Morgan fingerprint density at radius 2 is 1.78 bits per heavy atom. The van der Waals surface area contributed by atoms with Crippen molar-refractivity contribution < 1.29 is 14.4 Å². The van der Waals surface area contributed by atoms with E-state index in [4.69, 9.17) is 11.6 Å². The van der Waals surface area contributed by atoms with Crippen LogP contribution in [0.2, 0.25) is 5.02 Å². The molecule has 0 atom stereocenters. The van der Waals surface area contributed by atoms with Gasteiger partial charge in [0.25, 0.3) is 17.7 Å². The van der Waals surface area contributed by atoms with Gasteiger partial charge in [0.1, 0.15) is 0 Å². The lowest BCUT2D eigenvalue weighted by atomic mass is 10.0. The van der Waals surface area contributed by atoms with Crippen LogP contribution < -0.4 is 5.32 Å². The van der Waals surface area contributed by atoms with E-state index in [-0.39, 0.29) is 23.3 Å². The number of nitrogens with zero attached hydrogens (tertiary/aromatic N) is 1. The molecule has 0 fully saturated rings. The normalized spacial score (nSPS) is 13.1. The number of halogens is 1. The third kappa shape index (κ3) is 3.60. The molecule has 0 saturated heterocycles. The van der Waals surface area contributed by atoms with E-state index in [1.54, 1.807) is 18.2 Å². The van der Waals surface area contributed by atoms with Crippen LogP contribution in [0, 0.1) is 13.8 Å². The van der Waals surface area contributed by atoms with Gasteiger partial charge in [0, 0.05) is 12.1 Å². The number of imide groups is 1. The molecule has 2 aromatic carbocycles. The SMILES string of the molecule is CCCCN1C(=O)c2ccc(C(=O)Nc3c(C)cc(C)cc3Cl)cc2C1=O. The van der Waals surface area contributed by atoms with Gasteiger partial charge in [-0.25, -0.2) is 0 Å². The Bertz CT molecular complexity index is 929. The van der Waals surface area contributed by atoms with E-state index >= 15 is 0 Å². The molecule has 0 radical (unpaired) electrons. The number of carbonyl (C=O) groups is 3. The molecule has 1 aliphatic heterocycles. The molecule has 0 aliphatic carbocycles. The monoisotopic (exact) mass is 384 g/mol. The number of hydrogen-bond acceptors (Lipinski definition) is 3. The van der Waals surface area contributed by atoms with Crippen molar-refractivity contribution in [1.29, 1.82) is 0 Å². The van der Waals surface area contributed by atoms with Crippen LogP contribution in [0.1, 0.15) is 62.0 Å². The molecule has 0 unspecified atom stereocenters. The summed E-state index contributed by atoms with van der Waals surface area (Å²) in [5.41, 5.74) is 3.33. The lowest BCUT2D eigenvalue weighted by Gasteiger charge is -2.12. The highest BCUT2D eigenvalue weighted by atomic mass is 35.5. The number of nitrogens with one attached hydrogen (secondary N) is 1. The molecule has 27 heavy (non-hydrogen) atoms. The highest BCUT2D eigenvalue weighted by Crippen LogP contribution is 2.29. The summed E-state index contributed by atoms with van der Waals surface area (Å²) in [5, 5.41) is 3.26. The van der Waals surface area contributed by atoms with Gasteiger partial charge in [-0.05, 0) is 55.7 Å². The molecule has 6 heteroatoms. The third-order valence-corrected chi connectivity index (χ3v) is 4.94. The molecule has 1 N–H and O–H groups in total. The minimum atomic E-state index is -0.376. The fourth-order valence-corrected chi connectivity index (χ4v) is 3.58. The highest BCUT2D eigenvalue weighted by molar-refractivity contribution is 6.34. The van der Waals surface area contributed by atoms with Crippen LogP contribution in [0.3, 0.4) is 0 Å². The van der Waals surface area contributed by atoms with E-state index in [1.165, 1.54) is 11.0 Å². The van der Waals surface area contributed by atoms with E-state index in [9.17, 15) is 14.4 Å². The number of benzene rings is 2. The Hall–Kier alpha value is -2.66. The first-order chi connectivity index (χ1) is 12.8. The quantitative estimate of drug-likeness (QED) is 0.766. The zero-order valence-electron chi connectivity index (χ0n) is 15.6. The molecule has 0 saturated carbocycles. The van der Waals surface area contributed by atoms with E-state index in [1.807, 2.05) is 26.8 Å². The van der Waals surface area contributed by atoms with Crippen molar-refractivity contribution in [3.8, 4) is 0 Å². The number of amides is 3. The third-order valence-electron chi connectivity index (χ3n) is 4.64. The molecule has 0 spiro atoms. The van der Waals surface area contributed by atoms with Gasteiger partial charge in [0.15, 0.2) is 0 Å². The first-order valence-electron chi connectivity index (χ1n) is 8.91. The number of anilines is 1. The fraction of sp³-hybridized carbons (Fsp3) is 0.286. The largest absolute Gasteiger partial charge is 0.320 e. The molecule has 5 nitrogen and oxygen atoms in total. The van der Waals surface area contributed by atoms with Gasteiger partial charge in [0.2, 0.25) is 0 Å². The van der Waals surface area contributed by atoms with Crippen molar-refractivity contribution >= 4 is 35.0 Å². The maximum absolute atomic E-state index is 12.7. The smallest absolute Gasteiger partial charge is 0.261 e. The van der Waals surface area contributed by atoms with Crippen LogP contribution >= 0.6 is 11.6 Å². The number of carbonyl (C=O) groups excluding carboxylic acids is 3. The molecule has 3 amide bonds. The Morgan fingerprint density at radius 3 is 2.44 bits per heavy atom. The second-order valence-electron chi connectivity index (χ2n) is 6.77. The fourth-order valence-electron chi connectivity index (χ4n) is 3.21. The minimum absolute atomic E-state index is 0.274. The van der Waals surface area contributed by atoms with Crippen LogP contribution in [-0.4, -0.2) is 29.2 Å². The summed E-state index contributed by atoms with van der Waals surface area (Å²) in [6, 6.07) is 8.28. The van der Waals surface area contributed by atoms with Gasteiger partial charge in [-0.1, -0.05) is 31.0 Å². The number of hydrogen-bond donors (Lipinski definition) is 1. The van der Waals surface area contributed by atoms with Crippen LogP contribution in [0.4, 0.5) is 5.69 Å². The Balaban J connectivity index is 1.87. The number of fused-ring (bicyclic) bond motifs is 1. The van der Waals surface area contributed by atoms with Crippen molar-refractivity contribution in [2.75, 3.05) is 11.9 Å². The van der Waals surface area contributed by atoms with E-state index in [0.29, 0.717) is 28.4 Å². The average molecular weight is 385 g/mol. The van der Waals surface area contributed by atoms with Crippen molar-refractivity contribution in [2.24, 2.45) is 0 Å². The molecular weight excluding hydrogens is 364 g/mol. The zero-order valence-corrected chi connectivity index (χ0v) is 16.3. The Morgan fingerprint density at radius 1 is 1.07 bits per heavy atom. The minimum Gasteiger partial charge on any atom is -0.320 e. The zero-order chi connectivity index (χ0) is 19.7. The maximum Gasteiger partial charge on any atom is 0.261 e. The Kier molecular flexibility index (Phi) is 5.33. The van der Waals surface area contributed by atoms with E-state index < -0.39 is 0 Å². The number of aryl methyl sites for hydroxylation is 2. The molecule has 0 bridgehead atoms. The molecular formula is C21H21ClN2O3. The van der Waals surface area contributed by atoms with Gasteiger partial charge in [-0.2, -0.15) is 0 Å². The average Bonchev–Trinajstić information content (AvgIpc) is 2.86. The number of rotatable bonds is 5. The standard InChI is InChI=1S/C21H21ClN2O3/c1-4-5-8-24-20(26)15-7-6-14(11-16(15)21(24)27)19(25)23-18-13(3)9-12(2)10-17(18)22/h6-7,9-11H,4-5,8H2,1-3H3,(H,23,25). The van der Waals surface area contributed by atoms with Crippen LogP contribution in [-0.2, 0) is 0 Å². The highest BCUT2D eigenvalue weighted by Gasteiger charge is 2.35. The predicted molar refractivity (Wildman–Crippen MR) is 106 cm³/mol. The van der Waals surface area contributed by atoms with Gasteiger partial charge in [-0.15, -0.1) is 0 Å². The van der Waals surface area contributed by atoms with Crippen LogP contribution in [0.5, 0.6) is 0 Å². The summed E-state index contributed by atoms with van der Waals surface area (Å²) in [7, 11) is 0. The Labute approximate surface area is 163 Å². The maximum atomic E-state index is 12.7. The topological polar surface area (TPSA) is 66.5 Å². The second-order valence-corrected chi connectivity index (χ2v) is 7.18. The van der Waals surface area contributed by atoms with Crippen molar-refractivity contribution in [1.82, 2.24) is 4.90 Å². The van der Waals surface area contributed by atoms with Crippen molar-refractivity contribution in [2.45, 2.75) is 33.6 Å². The van der Waals surface area contributed by atoms with Crippen molar-refractivity contribution in [3.63, 3.8) is 0 Å². The van der Waals surface area contributed by atoms with Gasteiger partial charge < -0.3 is 5.32 Å². The molecule has 140 valence electrons. The summed E-state index contributed by atoms with van der Waals surface area (Å²) in [5.74, 6) is -1.02. The van der Waals surface area contributed by atoms with Crippen LogP contribution in [0.25, 0.3) is 0 Å². The second kappa shape index (κ2) is 7.53. The summed E-state index contributed by atoms with van der Waals surface area (Å²) in [6.07, 6.45) is 1.64. The lowest BCUT2D eigenvalue weighted by molar-refractivity contribution is 0.0652.